The Bertz CT molecular complexity index is 1050. The molecule has 1 amide bonds. The van der Waals surface area contributed by atoms with Crippen LogP contribution in [-0.4, -0.2) is 33.8 Å². The Morgan fingerprint density at radius 1 is 1.10 bits per heavy atom. The van der Waals surface area contributed by atoms with Crippen molar-refractivity contribution in [1.82, 2.24) is 14.8 Å². The molecule has 1 aliphatic rings. The zero-order valence-electron chi connectivity index (χ0n) is 16.3. The highest BCUT2D eigenvalue weighted by molar-refractivity contribution is 7.13. The summed E-state index contributed by atoms with van der Waals surface area (Å²) in [6, 6.07) is 11.3. The number of nitrogens with zero attached hydrogens (tertiary/aromatic N) is 4. The van der Waals surface area contributed by atoms with Crippen molar-refractivity contribution < 1.29 is 4.79 Å². The van der Waals surface area contributed by atoms with Crippen molar-refractivity contribution >= 4 is 28.1 Å². The van der Waals surface area contributed by atoms with Gasteiger partial charge in [-0.1, -0.05) is 12.1 Å². The summed E-state index contributed by atoms with van der Waals surface area (Å²) in [5.41, 5.74) is 3.31. The quantitative estimate of drug-likeness (QED) is 0.699. The average Bonchev–Trinajstić information content (AvgIpc) is 3.15. The Morgan fingerprint density at radius 2 is 1.86 bits per heavy atom. The summed E-state index contributed by atoms with van der Waals surface area (Å²) >= 11 is 1.35. The van der Waals surface area contributed by atoms with Crippen LogP contribution in [0, 0.1) is 6.92 Å². The lowest BCUT2D eigenvalue weighted by Gasteiger charge is -2.28. The first kappa shape index (κ1) is 19.3. The van der Waals surface area contributed by atoms with Gasteiger partial charge in [0.25, 0.3) is 5.56 Å². The van der Waals surface area contributed by atoms with E-state index in [0.29, 0.717) is 10.8 Å². The van der Waals surface area contributed by atoms with Crippen LogP contribution in [0.2, 0.25) is 0 Å². The second-order valence-corrected chi connectivity index (χ2v) is 8.01. The van der Waals surface area contributed by atoms with Gasteiger partial charge in [-0.3, -0.25) is 9.59 Å². The molecule has 8 heteroatoms. The highest BCUT2D eigenvalue weighted by Gasteiger charge is 2.12. The Labute approximate surface area is 173 Å². The molecule has 1 aliphatic heterocycles. The number of piperidine rings is 1. The molecule has 0 saturated carbocycles. The van der Waals surface area contributed by atoms with Crippen molar-refractivity contribution in [3.63, 3.8) is 0 Å². The molecule has 1 saturated heterocycles. The van der Waals surface area contributed by atoms with E-state index in [1.165, 1.54) is 47.0 Å². The first-order valence-electron chi connectivity index (χ1n) is 9.74. The van der Waals surface area contributed by atoms with E-state index in [-0.39, 0.29) is 18.0 Å². The molecule has 0 bridgehead atoms. The molecule has 1 N–H and O–H groups in total. The summed E-state index contributed by atoms with van der Waals surface area (Å²) in [5.74, 6) is -0.327. The SMILES string of the molecule is Cc1csc(NC(=O)Cn2nc(-c3ccc(N4CCCCC4)cc3)ccc2=O)n1. The summed E-state index contributed by atoms with van der Waals surface area (Å²) in [7, 11) is 0. The maximum absolute atomic E-state index is 12.3. The Kier molecular flexibility index (Phi) is 5.71. The van der Waals surface area contributed by atoms with Gasteiger partial charge in [-0.15, -0.1) is 11.3 Å². The molecular formula is C21H23N5O2S. The standard InChI is InChI=1S/C21H23N5O2S/c1-15-14-29-21(22-15)23-19(27)13-26-20(28)10-9-18(24-26)16-5-7-17(8-6-16)25-11-3-2-4-12-25/h5-10,14H,2-4,11-13H2,1H3,(H,22,23,27). The molecule has 0 aliphatic carbocycles. The molecule has 1 aromatic carbocycles. The van der Waals surface area contributed by atoms with Crippen LogP contribution >= 0.6 is 11.3 Å². The van der Waals surface area contributed by atoms with Gasteiger partial charge in [-0.2, -0.15) is 5.10 Å². The van der Waals surface area contributed by atoms with Gasteiger partial charge >= 0.3 is 0 Å². The van der Waals surface area contributed by atoms with Crippen LogP contribution < -0.4 is 15.8 Å². The van der Waals surface area contributed by atoms with Gasteiger partial charge in [0.2, 0.25) is 5.91 Å². The molecule has 150 valence electrons. The molecule has 7 nitrogen and oxygen atoms in total. The highest BCUT2D eigenvalue weighted by atomic mass is 32.1. The van der Waals surface area contributed by atoms with Gasteiger partial charge in [0.05, 0.1) is 11.4 Å². The maximum Gasteiger partial charge on any atom is 0.267 e. The molecule has 0 unspecified atom stereocenters. The van der Waals surface area contributed by atoms with Crippen LogP contribution in [0.3, 0.4) is 0 Å². The summed E-state index contributed by atoms with van der Waals surface area (Å²) in [6.45, 7) is 3.89. The zero-order valence-corrected chi connectivity index (χ0v) is 17.1. The minimum Gasteiger partial charge on any atom is -0.372 e. The number of benzene rings is 1. The lowest BCUT2D eigenvalue weighted by Crippen LogP contribution is -2.29. The minimum absolute atomic E-state index is 0.156. The van der Waals surface area contributed by atoms with Gasteiger partial charge in [0.15, 0.2) is 5.13 Å². The van der Waals surface area contributed by atoms with Gasteiger partial charge in [0, 0.05) is 35.8 Å². The number of hydrogen-bond donors (Lipinski definition) is 1. The van der Waals surface area contributed by atoms with Crippen LogP contribution in [0.15, 0.2) is 46.6 Å². The van der Waals surface area contributed by atoms with Gasteiger partial charge in [-0.05, 0) is 44.4 Å². The fourth-order valence-corrected chi connectivity index (χ4v) is 4.12. The molecular weight excluding hydrogens is 386 g/mol. The highest BCUT2D eigenvalue weighted by Crippen LogP contribution is 2.23. The van der Waals surface area contributed by atoms with Crippen molar-refractivity contribution in [2.45, 2.75) is 32.7 Å². The molecule has 1 fully saturated rings. The number of aromatic nitrogens is 3. The van der Waals surface area contributed by atoms with Crippen molar-refractivity contribution in [1.29, 1.82) is 0 Å². The number of nitrogens with one attached hydrogen (secondary N) is 1. The van der Waals surface area contributed by atoms with E-state index in [2.05, 4.69) is 32.4 Å². The van der Waals surface area contributed by atoms with Gasteiger partial charge < -0.3 is 10.2 Å². The van der Waals surface area contributed by atoms with E-state index in [1.54, 1.807) is 6.07 Å². The van der Waals surface area contributed by atoms with Crippen LogP contribution in [0.4, 0.5) is 10.8 Å². The molecule has 0 atom stereocenters. The number of carbonyl (C=O) groups is 1. The third-order valence-corrected chi connectivity index (χ3v) is 5.79. The van der Waals surface area contributed by atoms with E-state index in [9.17, 15) is 9.59 Å². The number of rotatable bonds is 5. The average molecular weight is 410 g/mol. The molecule has 0 radical (unpaired) electrons. The fraction of sp³-hybridized carbons (Fsp3) is 0.333. The van der Waals surface area contributed by atoms with E-state index < -0.39 is 0 Å². The van der Waals surface area contributed by atoms with Crippen molar-refractivity contribution in [2.24, 2.45) is 0 Å². The maximum atomic E-state index is 12.3. The third kappa shape index (κ3) is 4.71. The van der Waals surface area contributed by atoms with E-state index in [4.69, 9.17) is 0 Å². The normalized spacial score (nSPS) is 14.0. The summed E-state index contributed by atoms with van der Waals surface area (Å²) < 4.78 is 1.18. The smallest absolute Gasteiger partial charge is 0.267 e. The topological polar surface area (TPSA) is 80.1 Å². The minimum atomic E-state index is -0.327. The Hall–Kier alpha value is -3.00. The number of anilines is 2. The molecule has 0 spiro atoms. The predicted octanol–water partition coefficient (Wildman–Crippen LogP) is 3.30. The third-order valence-electron chi connectivity index (χ3n) is 4.91. The first-order chi connectivity index (χ1) is 14.1. The summed E-state index contributed by atoms with van der Waals surface area (Å²) in [6.07, 6.45) is 3.77. The Morgan fingerprint density at radius 3 is 2.55 bits per heavy atom. The molecule has 29 heavy (non-hydrogen) atoms. The molecule has 3 heterocycles. The van der Waals surface area contributed by atoms with Crippen molar-refractivity contribution in [3.05, 3.63) is 57.8 Å². The number of amides is 1. The first-order valence-corrected chi connectivity index (χ1v) is 10.6. The molecule has 3 aromatic rings. The van der Waals surface area contributed by atoms with Crippen LogP contribution in [0.1, 0.15) is 25.0 Å². The van der Waals surface area contributed by atoms with E-state index in [1.807, 2.05) is 24.4 Å². The fourth-order valence-electron chi connectivity index (χ4n) is 3.42. The second-order valence-electron chi connectivity index (χ2n) is 7.15. The Balaban J connectivity index is 1.48. The lowest BCUT2D eigenvalue weighted by molar-refractivity contribution is -0.117. The summed E-state index contributed by atoms with van der Waals surface area (Å²) in [5, 5.41) is 9.46. The number of thiazole rings is 1. The van der Waals surface area contributed by atoms with Crippen LogP contribution in [0.25, 0.3) is 11.3 Å². The number of hydrogen-bond acceptors (Lipinski definition) is 6. The largest absolute Gasteiger partial charge is 0.372 e. The number of aryl methyl sites for hydroxylation is 1. The van der Waals surface area contributed by atoms with Crippen molar-refractivity contribution in [3.8, 4) is 11.3 Å². The predicted molar refractivity (Wildman–Crippen MR) is 115 cm³/mol. The van der Waals surface area contributed by atoms with Gasteiger partial charge in [0.1, 0.15) is 6.54 Å². The van der Waals surface area contributed by atoms with Crippen LogP contribution in [-0.2, 0) is 11.3 Å². The van der Waals surface area contributed by atoms with E-state index >= 15 is 0 Å². The zero-order chi connectivity index (χ0) is 20.2. The number of carbonyl (C=O) groups excluding carboxylic acids is 1. The molecule has 2 aromatic heterocycles. The molecule has 4 rings (SSSR count). The monoisotopic (exact) mass is 409 g/mol. The lowest BCUT2D eigenvalue weighted by atomic mass is 10.1. The van der Waals surface area contributed by atoms with Crippen LogP contribution in [0.5, 0.6) is 0 Å². The second kappa shape index (κ2) is 8.57. The van der Waals surface area contributed by atoms with Gasteiger partial charge in [-0.25, -0.2) is 9.67 Å². The van der Waals surface area contributed by atoms with Crippen molar-refractivity contribution in [2.75, 3.05) is 23.3 Å². The summed E-state index contributed by atoms with van der Waals surface area (Å²) in [4.78, 5) is 31.0. The van der Waals surface area contributed by atoms with E-state index in [0.717, 1.165) is 24.3 Å².